The minimum Gasteiger partial charge on any atom is -0.338 e. The maximum Gasteiger partial charge on any atom is 0.263 e. The van der Waals surface area contributed by atoms with Gasteiger partial charge in [0.15, 0.2) is 0 Å². The molecule has 2 aliphatic heterocycles. The van der Waals surface area contributed by atoms with Crippen molar-refractivity contribution in [3.63, 3.8) is 0 Å². The first-order chi connectivity index (χ1) is 10.9. The van der Waals surface area contributed by atoms with Gasteiger partial charge in [-0.1, -0.05) is 12.1 Å². The molecule has 23 heavy (non-hydrogen) atoms. The Hall–Kier alpha value is -1.89. The zero-order valence-corrected chi connectivity index (χ0v) is 14.1. The summed E-state index contributed by atoms with van der Waals surface area (Å²) in [5, 5.41) is 0. The second-order valence-corrected chi connectivity index (χ2v) is 7.78. The molecule has 1 aromatic carbocycles. The highest BCUT2D eigenvalue weighted by atomic mass is 32.2. The Morgan fingerprint density at radius 1 is 1.35 bits per heavy atom. The number of carbonyl (C=O) groups is 1. The molecule has 124 valence electrons. The van der Waals surface area contributed by atoms with E-state index in [1.807, 2.05) is 11.8 Å². The van der Waals surface area contributed by atoms with Gasteiger partial charge in [0, 0.05) is 18.2 Å². The van der Waals surface area contributed by atoms with E-state index in [-0.39, 0.29) is 22.7 Å². The highest BCUT2D eigenvalue weighted by Gasteiger charge is 2.32. The maximum atomic E-state index is 12.6. The standard InChI is InChI=1S/C16H21N3O3S/c1-11-7-5-6-10-19(11)16(20)12(2)17-15-13-8-3-4-9-14(13)23(21,22)18-15/h3-4,8-9,11-12H,5-7,10H2,1-2H3,(H,17,18). The molecule has 2 heterocycles. The lowest BCUT2D eigenvalue weighted by Crippen LogP contribution is -2.46. The topological polar surface area (TPSA) is 78.8 Å². The molecule has 1 aromatic rings. The van der Waals surface area contributed by atoms with Gasteiger partial charge in [-0.15, -0.1) is 0 Å². The van der Waals surface area contributed by atoms with Gasteiger partial charge in [0.1, 0.15) is 11.9 Å². The van der Waals surface area contributed by atoms with Gasteiger partial charge in [0.05, 0.1) is 4.90 Å². The number of nitrogens with one attached hydrogen (secondary N) is 1. The van der Waals surface area contributed by atoms with Crippen molar-refractivity contribution in [1.82, 2.24) is 9.62 Å². The molecule has 1 saturated heterocycles. The highest BCUT2D eigenvalue weighted by Crippen LogP contribution is 2.23. The summed E-state index contributed by atoms with van der Waals surface area (Å²) in [7, 11) is -3.57. The summed E-state index contributed by atoms with van der Waals surface area (Å²) < 4.78 is 26.6. The van der Waals surface area contributed by atoms with E-state index in [1.54, 1.807) is 31.2 Å². The van der Waals surface area contributed by atoms with E-state index in [0.717, 1.165) is 25.8 Å². The Bertz CT molecular complexity index is 758. The van der Waals surface area contributed by atoms with Gasteiger partial charge in [-0.3, -0.25) is 14.5 Å². The molecule has 7 heteroatoms. The summed E-state index contributed by atoms with van der Waals surface area (Å²) in [6.07, 6.45) is 3.15. The highest BCUT2D eigenvalue weighted by molar-refractivity contribution is 7.90. The van der Waals surface area contributed by atoms with Gasteiger partial charge >= 0.3 is 0 Å². The number of carbonyl (C=O) groups excluding carboxylic acids is 1. The Labute approximate surface area is 136 Å². The van der Waals surface area contributed by atoms with Crippen LogP contribution in [0.1, 0.15) is 38.7 Å². The van der Waals surface area contributed by atoms with Crippen molar-refractivity contribution in [3.8, 4) is 0 Å². The van der Waals surface area contributed by atoms with Gasteiger partial charge in [-0.05, 0) is 45.2 Å². The summed E-state index contributed by atoms with van der Waals surface area (Å²) in [5.41, 5.74) is 0.527. The van der Waals surface area contributed by atoms with Crippen molar-refractivity contribution in [3.05, 3.63) is 29.8 Å². The minimum atomic E-state index is -3.57. The molecular weight excluding hydrogens is 314 g/mol. The predicted octanol–water partition coefficient (Wildman–Crippen LogP) is 1.51. The average molecular weight is 335 g/mol. The van der Waals surface area contributed by atoms with Crippen molar-refractivity contribution in [1.29, 1.82) is 0 Å². The molecule has 0 saturated carbocycles. The molecule has 0 aromatic heterocycles. The molecule has 0 radical (unpaired) electrons. The van der Waals surface area contributed by atoms with Crippen LogP contribution < -0.4 is 4.72 Å². The number of hydrogen-bond donors (Lipinski definition) is 1. The minimum absolute atomic E-state index is 0.0479. The molecule has 0 aliphatic carbocycles. The molecule has 0 bridgehead atoms. The number of amides is 1. The first-order valence-corrected chi connectivity index (χ1v) is 9.39. The summed E-state index contributed by atoms with van der Waals surface area (Å²) in [6, 6.07) is 6.28. The molecule has 3 rings (SSSR count). The second-order valence-electron chi connectivity index (χ2n) is 6.13. The fraction of sp³-hybridized carbons (Fsp3) is 0.500. The number of likely N-dealkylation sites (tertiary alicyclic amines) is 1. The third-order valence-electron chi connectivity index (χ3n) is 4.43. The third kappa shape index (κ3) is 2.97. The number of nitrogens with zero attached hydrogens (tertiary/aromatic N) is 2. The summed E-state index contributed by atoms with van der Waals surface area (Å²) in [5.74, 6) is 0.208. The van der Waals surface area contributed by atoms with Crippen molar-refractivity contribution >= 4 is 21.8 Å². The summed E-state index contributed by atoms with van der Waals surface area (Å²) in [4.78, 5) is 19.0. The van der Waals surface area contributed by atoms with E-state index in [1.165, 1.54) is 0 Å². The Balaban J connectivity index is 1.86. The van der Waals surface area contributed by atoms with Crippen LogP contribution in [0.15, 0.2) is 34.2 Å². The molecule has 2 atom stereocenters. The van der Waals surface area contributed by atoms with E-state index in [0.29, 0.717) is 5.56 Å². The maximum absolute atomic E-state index is 12.6. The van der Waals surface area contributed by atoms with Crippen LogP contribution in [0.3, 0.4) is 0 Å². The fourth-order valence-corrected chi connectivity index (χ4v) is 4.38. The van der Waals surface area contributed by atoms with Gasteiger partial charge in [0.2, 0.25) is 5.91 Å². The number of rotatable bonds is 2. The summed E-state index contributed by atoms with van der Waals surface area (Å²) in [6.45, 7) is 4.51. The Morgan fingerprint density at radius 2 is 2.09 bits per heavy atom. The number of hydrogen-bond acceptors (Lipinski definition) is 4. The second kappa shape index (κ2) is 5.96. The van der Waals surface area contributed by atoms with Crippen molar-refractivity contribution in [2.75, 3.05) is 6.54 Å². The van der Waals surface area contributed by atoms with Crippen LogP contribution >= 0.6 is 0 Å². The number of aliphatic imine (C=N–C) groups is 1. The molecular formula is C16H21N3O3S. The van der Waals surface area contributed by atoms with Crippen LogP contribution in [0.25, 0.3) is 0 Å². The van der Waals surface area contributed by atoms with Crippen molar-refractivity contribution in [2.45, 2.75) is 50.1 Å². The first-order valence-electron chi connectivity index (χ1n) is 7.90. The lowest BCUT2D eigenvalue weighted by atomic mass is 10.0. The van der Waals surface area contributed by atoms with E-state index in [2.05, 4.69) is 9.71 Å². The molecule has 6 nitrogen and oxygen atoms in total. The number of fused-ring (bicyclic) bond motifs is 1. The lowest BCUT2D eigenvalue weighted by Gasteiger charge is -2.34. The monoisotopic (exact) mass is 335 g/mol. The van der Waals surface area contributed by atoms with Crippen LogP contribution in [-0.2, 0) is 14.8 Å². The Morgan fingerprint density at radius 3 is 2.83 bits per heavy atom. The largest absolute Gasteiger partial charge is 0.338 e. The van der Waals surface area contributed by atoms with Crippen LogP contribution in [0.2, 0.25) is 0 Å². The van der Waals surface area contributed by atoms with E-state index in [9.17, 15) is 13.2 Å². The summed E-state index contributed by atoms with van der Waals surface area (Å²) >= 11 is 0. The van der Waals surface area contributed by atoms with Crippen molar-refractivity contribution in [2.24, 2.45) is 4.99 Å². The van der Waals surface area contributed by atoms with Crippen LogP contribution in [0.4, 0.5) is 0 Å². The molecule has 1 fully saturated rings. The zero-order chi connectivity index (χ0) is 16.6. The van der Waals surface area contributed by atoms with Gasteiger partial charge in [-0.2, -0.15) is 0 Å². The lowest BCUT2D eigenvalue weighted by molar-refractivity contribution is -0.135. The quantitative estimate of drug-likeness (QED) is 0.890. The van der Waals surface area contributed by atoms with Crippen LogP contribution in [0, 0.1) is 0 Å². The van der Waals surface area contributed by atoms with Gasteiger partial charge in [0.25, 0.3) is 10.0 Å². The third-order valence-corrected chi connectivity index (χ3v) is 5.83. The van der Waals surface area contributed by atoms with Gasteiger partial charge in [-0.25, -0.2) is 8.42 Å². The zero-order valence-electron chi connectivity index (χ0n) is 13.3. The number of amidine groups is 1. The van der Waals surface area contributed by atoms with E-state index in [4.69, 9.17) is 0 Å². The smallest absolute Gasteiger partial charge is 0.263 e. The molecule has 0 spiro atoms. The fourth-order valence-electron chi connectivity index (χ4n) is 3.14. The molecule has 1 amide bonds. The van der Waals surface area contributed by atoms with Crippen LogP contribution in [-0.4, -0.2) is 43.7 Å². The number of sulfonamides is 1. The first kappa shape index (κ1) is 16.0. The average Bonchev–Trinajstić information content (AvgIpc) is 2.78. The van der Waals surface area contributed by atoms with Crippen LogP contribution in [0.5, 0.6) is 0 Å². The molecule has 1 N–H and O–H groups in total. The van der Waals surface area contributed by atoms with Crippen molar-refractivity contribution < 1.29 is 13.2 Å². The molecule has 2 unspecified atom stereocenters. The Kier molecular flexibility index (Phi) is 4.14. The predicted molar refractivity (Wildman–Crippen MR) is 87.8 cm³/mol. The van der Waals surface area contributed by atoms with Gasteiger partial charge < -0.3 is 4.90 Å². The number of benzene rings is 1. The SMILES string of the molecule is CC(N=C1NS(=O)(=O)c2ccccc21)C(=O)N1CCCCC1C. The van der Waals surface area contributed by atoms with E-state index >= 15 is 0 Å². The normalized spacial score (nSPS) is 25.7. The number of piperidine rings is 1. The molecule has 2 aliphatic rings. The van der Waals surface area contributed by atoms with E-state index < -0.39 is 16.1 Å².